The fourth-order valence-corrected chi connectivity index (χ4v) is 4.41. The molecule has 1 fully saturated rings. The third-order valence-electron chi connectivity index (χ3n) is 5.15. The summed E-state index contributed by atoms with van der Waals surface area (Å²) in [6.45, 7) is 7.62. The number of hydrogen-bond acceptors (Lipinski definition) is 6. The van der Waals surface area contributed by atoms with Crippen LogP contribution in [0.2, 0.25) is 0 Å². The van der Waals surface area contributed by atoms with Gasteiger partial charge < -0.3 is 15.1 Å². The highest BCUT2D eigenvalue weighted by Crippen LogP contribution is 2.28. The number of rotatable bonds is 5. The van der Waals surface area contributed by atoms with E-state index in [0.717, 1.165) is 54.6 Å². The molecule has 1 saturated heterocycles. The molecular weight excluding hydrogens is 358 g/mol. The number of thiophene rings is 1. The van der Waals surface area contributed by atoms with Gasteiger partial charge in [0.25, 0.3) is 0 Å². The van der Waals surface area contributed by atoms with Gasteiger partial charge in [0, 0.05) is 37.7 Å². The summed E-state index contributed by atoms with van der Waals surface area (Å²) < 4.78 is 0. The predicted molar refractivity (Wildman–Crippen MR) is 109 cm³/mol. The predicted octanol–water partition coefficient (Wildman–Crippen LogP) is 3.09. The van der Waals surface area contributed by atoms with Gasteiger partial charge in [-0.1, -0.05) is 0 Å². The molecule has 0 atom stereocenters. The Morgan fingerprint density at radius 2 is 2.07 bits per heavy atom. The molecule has 4 heterocycles. The molecule has 0 aliphatic carbocycles. The van der Waals surface area contributed by atoms with E-state index in [0.29, 0.717) is 13.0 Å². The lowest BCUT2D eigenvalue weighted by Gasteiger charge is -2.31. The molecule has 2 aromatic rings. The first-order valence-electron chi connectivity index (χ1n) is 9.80. The molecule has 0 bridgehead atoms. The standard InChI is InChI=1S/C20H27N5OS/c1-14(2)21-19-16-12-25(18(26)11-15-6-10-27-13-15)9-5-17(16)22-20(23-19)24-7-3-4-8-24/h6,10,13-14H,3-5,7-9,11-12H2,1-2H3,(H,21,22,23). The van der Waals surface area contributed by atoms with Gasteiger partial charge in [0.15, 0.2) is 0 Å². The Morgan fingerprint density at radius 1 is 1.26 bits per heavy atom. The molecule has 0 saturated carbocycles. The normalized spacial score (nSPS) is 16.7. The van der Waals surface area contributed by atoms with Crippen LogP contribution in [0.25, 0.3) is 0 Å². The number of amides is 1. The molecule has 27 heavy (non-hydrogen) atoms. The number of nitrogens with one attached hydrogen (secondary N) is 1. The van der Waals surface area contributed by atoms with E-state index in [1.54, 1.807) is 11.3 Å². The Balaban J connectivity index is 1.58. The second-order valence-electron chi connectivity index (χ2n) is 7.66. The van der Waals surface area contributed by atoms with Crippen LogP contribution in [0.4, 0.5) is 11.8 Å². The summed E-state index contributed by atoms with van der Waals surface area (Å²) in [5.41, 5.74) is 3.27. The van der Waals surface area contributed by atoms with Crippen molar-refractivity contribution in [3.63, 3.8) is 0 Å². The molecule has 2 aromatic heterocycles. The molecule has 4 rings (SSSR count). The number of hydrogen-bond donors (Lipinski definition) is 1. The van der Waals surface area contributed by atoms with Crippen LogP contribution in [-0.4, -0.2) is 46.5 Å². The van der Waals surface area contributed by atoms with Crippen LogP contribution in [0.15, 0.2) is 16.8 Å². The highest BCUT2D eigenvalue weighted by molar-refractivity contribution is 7.08. The Kier molecular flexibility index (Phi) is 5.29. The van der Waals surface area contributed by atoms with E-state index in [4.69, 9.17) is 9.97 Å². The van der Waals surface area contributed by atoms with Crippen LogP contribution in [-0.2, 0) is 24.2 Å². The highest BCUT2D eigenvalue weighted by atomic mass is 32.1. The molecule has 0 radical (unpaired) electrons. The lowest BCUT2D eigenvalue weighted by molar-refractivity contribution is -0.131. The lowest BCUT2D eigenvalue weighted by Crippen LogP contribution is -2.38. The molecule has 1 amide bonds. The third kappa shape index (κ3) is 4.08. The molecule has 1 N–H and O–H groups in total. The number of aromatic nitrogens is 2. The Morgan fingerprint density at radius 3 is 2.78 bits per heavy atom. The van der Waals surface area contributed by atoms with Gasteiger partial charge in [-0.15, -0.1) is 0 Å². The van der Waals surface area contributed by atoms with E-state index < -0.39 is 0 Å². The Hall–Kier alpha value is -2.15. The van der Waals surface area contributed by atoms with Gasteiger partial charge in [-0.25, -0.2) is 4.98 Å². The molecular formula is C20H27N5OS. The van der Waals surface area contributed by atoms with Gasteiger partial charge >= 0.3 is 0 Å². The van der Waals surface area contributed by atoms with Crippen molar-refractivity contribution in [3.05, 3.63) is 33.6 Å². The average Bonchev–Trinajstić information content (AvgIpc) is 3.34. The Bertz CT molecular complexity index is 799. The van der Waals surface area contributed by atoms with Crippen LogP contribution in [0.1, 0.15) is 43.5 Å². The number of fused-ring (bicyclic) bond motifs is 1. The van der Waals surface area contributed by atoms with E-state index in [1.807, 2.05) is 21.7 Å². The number of carbonyl (C=O) groups is 1. The van der Waals surface area contributed by atoms with Crippen molar-refractivity contribution in [2.24, 2.45) is 0 Å². The van der Waals surface area contributed by atoms with Gasteiger partial charge in [0.2, 0.25) is 11.9 Å². The molecule has 7 heteroatoms. The van der Waals surface area contributed by atoms with Crippen LogP contribution in [0.3, 0.4) is 0 Å². The van der Waals surface area contributed by atoms with Gasteiger partial charge in [-0.05, 0) is 49.1 Å². The second kappa shape index (κ2) is 7.84. The summed E-state index contributed by atoms with van der Waals surface area (Å²) in [5, 5.41) is 7.56. The SMILES string of the molecule is CC(C)Nc1nc(N2CCCC2)nc2c1CN(C(=O)Cc1ccsc1)CC2. The minimum Gasteiger partial charge on any atom is -0.367 e. The van der Waals surface area contributed by atoms with Gasteiger partial charge in [0.05, 0.1) is 18.7 Å². The first kappa shape index (κ1) is 18.2. The van der Waals surface area contributed by atoms with Crippen molar-refractivity contribution in [2.75, 3.05) is 29.9 Å². The topological polar surface area (TPSA) is 61.4 Å². The first-order chi connectivity index (χ1) is 13.1. The third-order valence-corrected chi connectivity index (χ3v) is 5.88. The Labute approximate surface area is 164 Å². The average molecular weight is 386 g/mol. The highest BCUT2D eigenvalue weighted by Gasteiger charge is 2.27. The maximum Gasteiger partial charge on any atom is 0.227 e. The molecule has 6 nitrogen and oxygen atoms in total. The van der Waals surface area contributed by atoms with E-state index >= 15 is 0 Å². The molecule has 0 spiro atoms. The first-order valence-corrected chi connectivity index (χ1v) is 10.7. The summed E-state index contributed by atoms with van der Waals surface area (Å²) in [4.78, 5) is 26.7. The minimum atomic E-state index is 0.179. The summed E-state index contributed by atoms with van der Waals surface area (Å²) in [5.74, 6) is 1.91. The lowest BCUT2D eigenvalue weighted by atomic mass is 10.0. The zero-order valence-corrected chi connectivity index (χ0v) is 16.9. The summed E-state index contributed by atoms with van der Waals surface area (Å²) in [7, 11) is 0. The maximum atomic E-state index is 12.7. The van der Waals surface area contributed by atoms with Crippen molar-refractivity contribution in [1.29, 1.82) is 0 Å². The van der Waals surface area contributed by atoms with E-state index in [-0.39, 0.29) is 11.9 Å². The summed E-state index contributed by atoms with van der Waals surface area (Å²) in [6, 6.07) is 2.31. The number of anilines is 2. The number of carbonyl (C=O) groups excluding carboxylic acids is 1. The van der Waals surface area contributed by atoms with Crippen molar-refractivity contribution in [3.8, 4) is 0 Å². The fourth-order valence-electron chi connectivity index (χ4n) is 3.74. The van der Waals surface area contributed by atoms with Crippen LogP contribution < -0.4 is 10.2 Å². The summed E-state index contributed by atoms with van der Waals surface area (Å²) in [6.07, 6.45) is 3.68. The van der Waals surface area contributed by atoms with Gasteiger partial charge in [0.1, 0.15) is 5.82 Å². The largest absolute Gasteiger partial charge is 0.367 e. The van der Waals surface area contributed by atoms with Crippen molar-refractivity contribution in [1.82, 2.24) is 14.9 Å². The zero-order valence-electron chi connectivity index (χ0n) is 16.1. The fraction of sp³-hybridized carbons (Fsp3) is 0.550. The smallest absolute Gasteiger partial charge is 0.227 e. The van der Waals surface area contributed by atoms with E-state index in [2.05, 4.69) is 24.1 Å². The van der Waals surface area contributed by atoms with Crippen LogP contribution >= 0.6 is 11.3 Å². The molecule has 0 unspecified atom stereocenters. The zero-order chi connectivity index (χ0) is 18.8. The molecule has 2 aliphatic heterocycles. The summed E-state index contributed by atoms with van der Waals surface area (Å²) >= 11 is 1.63. The molecule has 2 aliphatic rings. The van der Waals surface area contributed by atoms with E-state index in [9.17, 15) is 4.79 Å². The van der Waals surface area contributed by atoms with Crippen molar-refractivity contribution in [2.45, 2.75) is 52.1 Å². The minimum absolute atomic E-state index is 0.179. The molecule has 144 valence electrons. The van der Waals surface area contributed by atoms with Crippen LogP contribution in [0.5, 0.6) is 0 Å². The van der Waals surface area contributed by atoms with Gasteiger partial charge in [-0.3, -0.25) is 4.79 Å². The monoisotopic (exact) mass is 385 g/mol. The van der Waals surface area contributed by atoms with Crippen molar-refractivity contribution < 1.29 is 4.79 Å². The molecule has 0 aromatic carbocycles. The van der Waals surface area contributed by atoms with Crippen LogP contribution in [0, 0.1) is 0 Å². The number of nitrogens with zero attached hydrogens (tertiary/aromatic N) is 4. The quantitative estimate of drug-likeness (QED) is 0.857. The van der Waals surface area contributed by atoms with E-state index in [1.165, 1.54) is 12.8 Å². The van der Waals surface area contributed by atoms with Gasteiger partial charge in [-0.2, -0.15) is 16.3 Å². The second-order valence-corrected chi connectivity index (χ2v) is 8.44. The van der Waals surface area contributed by atoms with Crippen molar-refractivity contribution >= 4 is 29.0 Å². The maximum absolute atomic E-state index is 12.7.